The summed E-state index contributed by atoms with van der Waals surface area (Å²) in [6, 6.07) is 10.5. The van der Waals surface area contributed by atoms with Gasteiger partial charge in [-0.3, -0.25) is 14.2 Å². The third kappa shape index (κ3) is 4.15. The van der Waals surface area contributed by atoms with Crippen molar-refractivity contribution < 1.29 is 14.3 Å². The van der Waals surface area contributed by atoms with Gasteiger partial charge in [0.2, 0.25) is 0 Å². The van der Waals surface area contributed by atoms with Crippen molar-refractivity contribution in [1.82, 2.24) is 9.47 Å². The Bertz CT molecular complexity index is 1220. The molecule has 6 nitrogen and oxygen atoms in total. The van der Waals surface area contributed by atoms with E-state index >= 15 is 0 Å². The van der Waals surface area contributed by atoms with Crippen LogP contribution in [0.15, 0.2) is 45.7 Å². The molecule has 2 atom stereocenters. The fourth-order valence-electron chi connectivity index (χ4n) is 4.25. The summed E-state index contributed by atoms with van der Waals surface area (Å²) in [7, 11) is 0. The second-order valence-corrected chi connectivity index (χ2v) is 10.2. The van der Waals surface area contributed by atoms with Crippen LogP contribution in [0.25, 0.3) is 15.9 Å². The van der Waals surface area contributed by atoms with Gasteiger partial charge < -0.3 is 14.4 Å². The number of carbonyl (C=O) groups is 1. The number of thiophene rings is 1. The highest BCUT2D eigenvalue weighted by Gasteiger charge is 2.32. The predicted octanol–water partition coefficient (Wildman–Crippen LogP) is 5.23. The first-order valence-electron chi connectivity index (χ1n) is 10.7. The highest BCUT2D eigenvalue weighted by atomic mass is 79.9. The number of nitrogens with zero attached hydrogens (tertiary/aromatic N) is 2. The fraction of sp³-hybridized carbons (Fsp3) is 0.391. The molecule has 168 valence electrons. The Labute approximate surface area is 202 Å². The van der Waals surface area contributed by atoms with E-state index < -0.39 is 0 Å². The fourth-order valence-corrected chi connectivity index (χ4v) is 6.50. The Kier molecular flexibility index (Phi) is 6.40. The number of amides is 1. The lowest BCUT2D eigenvalue weighted by Crippen LogP contribution is -2.32. The van der Waals surface area contributed by atoms with E-state index in [0.29, 0.717) is 38.0 Å². The molecule has 2 aliphatic heterocycles. The maximum absolute atomic E-state index is 13.4. The summed E-state index contributed by atoms with van der Waals surface area (Å²) in [6.07, 6.45) is 3.71. The first kappa shape index (κ1) is 22.1. The smallest absolute Gasteiger partial charge is 0.265 e. The topological polar surface area (TPSA) is 60.8 Å². The molecule has 2 saturated heterocycles. The zero-order valence-corrected chi connectivity index (χ0v) is 20.4. The number of hydrogen-bond donors (Lipinski definition) is 0. The van der Waals surface area contributed by atoms with Crippen molar-refractivity contribution in [1.29, 1.82) is 0 Å². The molecule has 3 aromatic rings. The van der Waals surface area contributed by atoms with Gasteiger partial charge >= 0.3 is 0 Å². The molecule has 1 aromatic carbocycles. The van der Waals surface area contributed by atoms with Gasteiger partial charge in [0.1, 0.15) is 9.71 Å². The van der Waals surface area contributed by atoms with Crippen molar-refractivity contribution >= 4 is 55.0 Å². The Morgan fingerprint density at radius 2 is 2.03 bits per heavy atom. The maximum atomic E-state index is 13.4. The molecule has 0 saturated carbocycles. The van der Waals surface area contributed by atoms with Gasteiger partial charge in [-0.05, 0) is 59.8 Å². The molecule has 4 heterocycles. The van der Waals surface area contributed by atoms with Crippen molar-refractivity contribution in [3.63, 3.8) is 0 Å². The van der Waals surface area contributed by atoms with E-state index in [1.165, 1.54) is 17.4 Å². The minimum atomic E-state index is -0.194. The number of likely N-dealkylation sites (tertiary alicyclic amines) is 1. The summed E-state index contributed by atoms with van der Waals surface area (Å²) in [6.45, 7) is 1.91. The molecule has 2 fully saturated rings. The second kappa shape index (κ2) is 9.27. The van der Waals surface area contributed by atoms with Crippen LogP contribution in [-0.4, -0.2) is 47.5 Å². The summed E-state index contributed by atoms with van der Waals surface area (Å²) < 4.78 is 14.0. The van der Waals surface area contributed by atoms with Crippen molar-refractivity contribution in [3.05, 3.63) is 61.1 Å². The minimum absolute atomic E-state index is 0.0171. The van der Waals surface area contributed by atoms with E-state index in [-0.39, 0.29) is 23.9 Å². The number of carbonyl (C=O) groups excluding carboxylic acids is 1. The quantitative estimate of drug-likeness (QED) is 0.457. The number of para-hydroxylation sites is 1. The molecule has 0 N–H and O–H groups in total. The zero-order chi connectivity index (χ0) is 22.2. The van der Waals surface area contributed by atoms with Crippen LogP contribution in [0, 0.1) is 0 Å². The van der Waals surface area contributed by atoms with Gasteiger partial charge in [-0.25, -0.2) is 0 Å². The lowest BCUT2D eigenvalue weighted by Gasteiger charge is -2.26. The SMILES string of the molecule is O=C(c1sc2c(ccc(=O)n2-c2ccccc2Cl)c1Br)N1CC[C@@H](OC2CCCCO2)C1. The molecule has 0 radical (unpaired) electrons. The third-order valence-electron chi connectivity index (χ3n) is 5.88. The van der Waals surface area contributed by atoms with E-state index in [1.54, 1.807) is 22.8 Å². The summed E-state index contributed by atoms with van der Waals surface area (Å²) in [5.74, 6) is -0.0631. The van der Waals surface area contributed by atoms with Crippen LogP contribution in [0.2, 0.25) is 5.02 Å². The average Bonchev–Trinajstić information content (AvgIpc) is 3.39. The maximum Gasteiger partial charge on any atom is 0.265 e. The molecular formula is C23H22BrClN2O4S. The van der Waals surface area contributed by atoms with Gasteiger partial charge in [0.05, 0.1) is 21.3 Å². The van der Waals surface area contributed by atoms with Crippen molar-refractivity contribution in [2.75, 3.05) is 19.7 Å². The molecule has 1 unspecified atom stereocenters. The summed E-state index contributed by atoms with van der Waals surface area (Å²) in [5.41, 5.74) is 0.403. The monoisotopic (exact) mass is 536 g/mol. The number of benzene rings is 1. The lowest BCUT2D eigenvalue weighted by atomic mass is 10.2. The van der Waals surface area contributed by atoms with Gasteiger partial charge in [0.25, 0.3) is 11.5 Å². The molecule has 2 aromatic heterocycles. The van der Waals surface area contributed by atoms with E-state index in [9.17, 15) is 9.59 Å². The molecule has 0 bridgehead atoms. The lowest BCUT2D eigenvalue weighted by molar-refractivity contribution is -0.184. The molecule has 32 heavy (non-hydrogen) atoms. The van der Waals surface area contributed by atoms with Gasteiger partial charge in [-0.1, -0.05) is 23.7 Å². The number of rotatable bonds is 4. The molecule has 0 aliphatic carbocycles. The number of halogens is 2. The van der Waals surface area contributed by atoms with Crippen LogP contribution in [0.5, 0.6) is 0 Å². The van der Waals surface area contributed by atoms with Crippen molar-refractivity contribution in [2.45, 2.75) is 38.1 Å². The standard InChI is InChI=1S/C23H22BrClN2O4S/c24-20-15-8-9-18(28)27(17-6-2-1-5-16(17)25)23(15)32-21(20)22(29)26-11-10-14(13-26)31-19-7-3-4-12-30-19/h1-2,5-6,8-9,14,19H,3-4,7,10-13H2/t14-,19?/m1/s1. The molecule has 0 spiro atoms. The van der Waals surface area contributed by atoms with Crippen LogP contribution in [0.1, 0.15) is 35.4 Å². The molecule has 2 aliphatic rings. The van der Waals surface area contributed by atoms with Crippen LogP contribution >= 0.6 is 38.9 Å². The van der Waals surface area contributed by atoms with Gasteiger partial charge in [-0.2, -0.15) is 0 Å². The Balaban J connectivity index is 1.43. The summed E-state index contributed by atoms with van der Waals surface area (Å²) in [4.78, 5) is 29.2. The summed E-state index contributed by atoms with van der Waals surface area (Å²) >= 11 is 11.3. The minimum Gasteiger partial charge on any atom is -0.353 e. The highest BCUT2D eigenvalue weighted by Crippen LogP contribution is 2.38. The number of fused-ring (bicyclic) bond motifs is 1. The molecular weight excluding hydrogens is 516 g/mol. The predicted molar refractivity (Wildman–Crippen MR) is 129 cm³/mol. The zero-order valence-electron chi connectivity index (χ0n) is 17.3. The van der Waals surface area contributed by atoms with E-state index in [2.05, 4.69) is 15.9 Å². The molecule has 9 heteroatoms. The largest absolute Gasteiger partial charge is 0.353 e. The second-order valence-electron chi connectivity index (χ2n) is 8.02. The van der Waals surface area contributed by atoms with E-state index in [0.717, 1.165) is 37.7 Å². The Morgan fingerprint density at radius 1 is 1.19 bits per heavy atom. The summed E-state index contributed by atoms with van der Waals surface area (Å²) in [5, 5.41) is 1.28. The van der Waals surface area contributed by atoms with Crippen molar-refractivity contribution in [3.8, 4) is 5.69 Å². The van der Waals surface area contributed by atoms with Crippen LogP contribution in [-0.2, 0) is 9.47 Å². The van der Waals surface area contributed by atoms with Gasteiger partial charge in [0, 0.05) is 31.1 Å². The Hall–Kier alpha value is -1.71. The molecule has 5 rings (SSSR count). The Morgan fingerprint density at radius 3 is 2.81 bits per heavy atom. The van der Waals surface area contributed by atoms with Crippen molar-refractivity contribution in [2.24, 2.45) is 0 Å². The van der Waals surface area contributed by atoms with Gasteiger partial charge in [-0.15, -0.1) is 11.3 Å². The van der Waals surface area contributed by atoms with Gasteiger partial charge in [0.15, 0.2) is 6.29 Å². The normalized spacial score (nSPS) is 21.4. The highest BCUT2D eigenvalue weighted by molar-refractivity contribution is 9.10. The number of hydrogen-bond acceptors (Lipinski definition) is 5. The van der Waals surface area contributed by atoms with Crippen LogP contribution in [0.4, 0.5) is 0 Å². The number of ether oxygens (including phenoxy) is 2. The third-order valence-corrected chi connectivity index (χ3v) is 8.47. The van der Waals surface area contributed by atoms with Crippen LogP contribution < -0.4 is 5.56 Å². The average molecular weight is 538 g/mol. The number of aromatic nitrogens is 1. The molecule has 1 amide bonds. The van der Waals surface area contributed by atoms with E-state index in [1.807, 2.05) is 17.0 Å². The van der Waals surface area contributed by atoms with E-state index in [4.69, 9.17) is 21.1 Å². The number of pyridine rings is 1. The first-order chi connectivity index (χ1) is 15.5. The first-order valence-corrected chi connectivity index (χ1v) is 12.7. The van der Waals surface area contributed by atoms with Crippen LogP contribution in [0.3, 0.4) is 0 Å².